The van der Waals surface area contributed by atoms with Crippen LogP contribution in [0.5, 0.6) is 0 Å². The minimum Gasteiger partial charge on any atom is -0.464 e. The number of alkyl halides is 1. The number of hydrogen-bond donors (Lipinski definition) is 0. The van der Waals surface area contributed by atoms with Crippen molar-refractivity contribution in [2.24, 2.45) is 0 Å². The Bertz CT molecular complexity index is 246. The van der Waals surface area contributed by atoms with Crippen LogP contribution >= 0.6 is 15.9 Å². The summed E-state index contributed by atoms with van der Waals surface area (Å²) in [5, 5.41) is 1.10. The Morgan fingerprint density at radius 2 is 1.45 bits per heavy atom. The van der Waals surface area contributed by atoms with Gasteiger partial charge in [-0.05, 0) is 25.7 Å². The molecule has 0 aliphatic carbocycles. The van der Waals surface area contributed by atoms with E-state index in [2.05, 4.69) is 22.9 Å². The number of unbranched alkanes of at least 4 members (excludes halogenated alkanes) is 8. The summed E-state index contributed by atoms with van der Waals surface area (Å²) in [6.45, 7) is 5.37. The summed E-state index contributed by atoms with van der Waals surface area (Å²) in [5.74, 6) is -0.183. The molecule has 22 heavy (non-hydrogen) atoms. The van der Waals surface area contributed by atoms with Gasteiger partial charge in [-0.25, -0.2) is 4.79 Å². The Balaban J connectivity index is 3.53. The highest BCUT2D eigenvalue weighted by Crippen LogP contribution is 2.08. The first-order chi connectivity index (χ1) is 10.8. The van der Waals surface area contributed by atoms with E-state index in [-0.39, 0.29) is 12.1 Å². The lowest BCUT2D eigenvalue weighted by atomic mass is 10.1. The monoisotopic (exact) mass is 378 g/mol. The van der Waals surface area contributed by atoms with E-state index in [0.717, 1.165) is 24.6 Å². The molecule has 132 valence electrons. The van der Waals surface area contributed by atoms with E-state index in [1.165, 1.54) is 44.9 Å². The number of hydrogen-bond acceptors (Lipinski definition) is 3. The van der Waals surface area contributed by atoms with Gasteiger partial charge in [-0.1, -0.05) is 74.7 Å². The van der Waals surface area contributed by atoms with Crippen LogP contribution in [0.3, 0.4) is 0 Å². The molecule has 4 heteroatoms. The topological polar surface area (TPSA) is 35.5 Å². The summed E-state index contributed by atoms with van der Waals surface area (Å²) in [6.07, 6.45) is 12.1. The molecule has 0 heterocycles. The number of carbonyl (C=O) groups excluding carboxylic acids is 1. The van der Waals surface area contributed by atoms with E-state index < -0.39 is 0 Å². The molecule has 1 unspecified atom stereocenters. The van der Waals surface area contributed by atoms with Crippen molar-refractivity contribution >= 4 is 21.9 Å². The fourth-order valence-corrected chi connectivity index (χ4v) is 2.67. The number of carbonyl (C=O) groups is 1. The van der Waals surface area contributed by atoms with Crippen molar-refractivity contribution in [2.75, 3.05) is 18.5 Å². The Morgan fingerprint density at radius 3 is 2.09 bits per heavy atom. The molecular weight excluding hydrogens is 344 g/mol. The van der Waals surface area contributed by atoms with E-state index >= 15 is 0 Å². The molecule has 1 atom stereocenters. The normalized spacial score (nSPS) is 12.3. The van der Waals surface area contributed by atoms with Gasteiger partial charge in [-0.3, -0.25) is 0 Å². The third kappa shape index (κ3) is 13.6. The molecule has 0 aliphatic heterocycles. The van der Waals surface area contributed by atoms with E-state index in [0.29, 0.717) is 19.6 Å². The predicted octanol–water partition coefficient (Wildman–Crippen LogP) is 5.64. The average Bonchev–Trinajstić information content (AvgIpc) is 2.53. The van der Waals surface area contributed by atoms with Gasteiger partial charge in [0.1, 0.15) is 0 Å². The molecule has 3 nitrogen and oxygen atoms in total. The van der Waals surface area contributed by atoms with Crippen LogP contribution < -0.4 is 0 Å². The first-order valence-corrected chi connectivity index (χ1v) is 10.2. The summed E-state index contributed by atoms with van der Waals surface area (Å²) in [4.78, 5) is 11.9. The summed E-state index contributed by atoms with van der Waals surface area (Å²) in [7, 11) is 0. The van der Waals surface area contributed by atoms with Crippen LogP contribution in [0.1, 0.15) is 84.5 Å². The second-order valence-corrected chi connectivity index (χ2v) is 6.60. The average molecular weight is 379 g/mol. The lowest BCUT2D eigenvalue weighted by Gasteiger charge is -2.15. The van der Waals surface area contributed by atoms with Crippen molar-refractivity contribution in [3.8, 4) is 0 Å². The van der Waals surface area contributed by atoms with Crippen LogP contribution in [0.2, 0.25) is 0 Å². The van der Waals surface area contributed by atoms with Gasteiger partial charge >= 0.3 is 5.97 Å². The van der Waals surface area contributed by atoms with Crippen molar-refractivity contribution in [2.45, 2.75) is 90.6 Å². The van der Waals surface area contributed by atoms with E-state index in [4.69, 9.17) is 9.47 Å². The maximum atomic E-state index is 11.9. The third-order valence-electron chi connectivity index (χ3n) is 3.72. The fourth-order valence-electron chi connectivity index (χ4n) is 2.28. The molecule has 0 rings (SSSR count). The van der Waals surface area contributed by atoms with Gasteiger partial charge in [0.2, 0.25) is 0 Å². The highest BCUT2D eigenvalue weighted by molar-refractivity contribution is 9.09. The molecule has 0 saturated carbocycles. The molecule has 0 saturated heterocycles. The molecule has 0 bridgehead atoms. The van der Waals surface area contributed by atoms with E-state index in [9.17, 15) is 4.79 Å². The first kappa shape index (κ1) is 21.9. The summed E-state index contributed by atoms with van der Waals surface area (Å²) >= 11 is 3.44. The van der Waals surface area contributed by atoms with E-state index in [1.54, 1.807) is 0 Å². The first-order valence-electron chi connectivity index (χ1n) is 9.10. The van der Waals surface area contributed by atoms with Crippen molar-refractivity contribution in [1.82, 2.24) is 0 Å². The summed E-state index contributed by atoms with van der Waals surface area (Å²) in [5.41, 5.74) is 0. The van der Waals surface area contributed by atoms with Gasteiger partial charge in [0.15, 0.2) is 6.10 Å². The van der Waals surface area contributed by atoms with Crippen molar-refractivity contribution in [1.29, 1.82) is 0 Å². The summed E-state index contributed by atoms with van der Waals surface area (Å²) in [6, 6.07) is 0. The fraction of sp³-hybridized carbons (Fsp3) is 0.944. The third-order valence-corrected chi connectivity index (χ3v) is 4.28. The van der Waals surface area contributed by atoms with Crippen LogP contribution in [-0.2, 0) is 14.3 Å². The van der Waals surface area contributed by atoms with Crippen LogP contribution in [0, 0.1) is 0 Å². The molecule has 0 amide bonds. The molecule has 0 radical (unpaired) electrons. The maximum absolute atomic E-state index is 11.9. The molecule has 0 aromatic heterocycles. The van der Waals surface area contributed by atoms with Gasteiger partial charge in [-0.2, -0.15) is 0 Å². The number of halogens is 1. The Kier molecular flexibility index (Phi) is 17.2. The van der Waals surface area contributed by atoms with Crippen molar-refractivity contribution in [3.63, 3.8) is 0 Å². The quantitative estimate of drug-likeness (QED) is 0.198. The minimum atomic E-state index is -0.374. The van der Waals surface area contributed by atoms with Gasteiger partial charge in [0.25, 0.3) is 0 Å². The van der Waals surface area contributed by atoms with Gasteiger partial charge in [-0.15, -0.1) is 0 Å². The smallest absolute Gasteiger partial charge is 0.335 e. The molecule has 0 N–H and O–H groups in total. The zero-order chi connectivity index (χ0) is 16.5. The van der Waals surface area contributed by atoms with Crippen LogP contribution in [0.25, 0.3) is 0 Å². The second kappa shape index (κ2) is 17.3. The summed E-state index contributed by atoms with van der Waals surface area (Å²) < 4.78 is 11.0. The molecule has 0 aliphatic rings. The second-order valence-electron chi connectivity index (χ2n) is 5.81. The largest absolute Gasteiger partial charge is 0.464 e. The van der Waals surface area contributed by atoms with Gasteiger partial charge in [0, 0.05) is 11.9 Å². The predicted molar refractivity (Wildman–Crippen MR) is 96.6 cm³/mol. The zero-order valence-electron chi connectivity index (χ0n) is 14.6. The van der Waals surface area contributed by atoms with Crippen LogP contribution in [0.15, 0.2) is 0 Å². The Morgan fingerprint density at radius 1 is 0.864 bits per heavy atom. The highest BCUT2D eigenvalue weighted by Gasteiger charge is 2.18. The van der Waals surface area contributed by atoms with Crippen LogP contribution in [-0.4, -0.2) is 30.6 Å². The van der Waals surface area contributed by atoms with E-state index in [1.807, 2.05) is 6.92 Å². The molecule has 0 fully saturated rings. The molecule has 0 aromatic carbocycles. The number of rotatable bonds is 16. The highest BCUT2D eigenvalue weighted by atomic mass is 79.9. The van der Waals surface area contributed by atoms with Gasteiger partial charge in [0.05, 0.1) is 6.61 Å². The zero-order valence-corrected chi connectivity index (χ0v) is 16.2. The van der Waals surface area contributed by atoms with Crippen molar-refractivity contribution in [3.05, 3.63) is 0 Å². The lowest BCUT2D eigenvalue weighted by Crippen LogP contribution is -2.26. The van der Waals surface area contributed by atoms with Crippen LogP contribution in [0.4, 0.5) is 0 Å². The number of esters is 1. The Labute approximate surface area is 145 Å². The maximum Gasteiger partial charge on any atom is 0.335 e. The molecule has 0 spiro atoms. The number of ether oxygens (including phenoxy) is 2. The van der Waals surface area contributed by atoms with Gasteiger partial charge < -0.3 is 9.47 Å². The molecular formula is C18H35BrO3. The lowest BCUT2D eigenvalue weighted by molar-refractivity contribution is -0.157. The minimum absolute atomic E-state index is 0.183. The SMILES string of the molecule is CCCCCCOC(CC)C(=O)OCCCCCCCCBr. The van der Waals surface area contributed by atoms with Crippen molar-refractivity contribution < 1.29 is 14.3 Å². The standard InChI is InChI=1S/C18H35BrO3/c1-3-5-6-12-15-21-17(4-2)18(20)22-16-13-10-8-7-9-11-14-19/h17H,3-16H2,1-2H3. The molecule has 0 aromatic rings. The Hall–Kier alpha value is -0.0900.